The van der Waals surface area contributed by atoms with Gasteiger partial charge in [0.05, 0.1) is 5.60 Å². The maximum Gasteiger partial charge on any atom is 0.0814 e. The van der Waals surface area contributed by atoms with Crippen LogP contribution in [0.5, 0.6) is 0 Å². The summed E-state index contributed by atoms with van der Waals surface area (Å²) in [6.45, 7) is 2.30. The number of aryl methyl sites for hydroxylation is 1. The molecule has 3 rings (SSSR count). The van der Waals surface area contributed by atoms with E-state index < -0.39 is 5.60 Å². The molecule has 2 saturated heterocycles. The fraction of sp³-hybridized carbons (Fsp3) is 0.647. The topological polar surface area (TPSA) is 23.5 Å². The molecule has 1 aromatic rings. The summed E-state index contributed by atoms with van der Waals surface area (Å²) in [6, 6.07) is 11.1. The molecule has 2 nitrogen and oxygen atoms in total. The summed E-state index contributed by atoms with van der Waals surface area (Å²) in [6.07, 6.45) is 7.94. The van der Waals surface area contributed by atoms with E-state index in [0.29, 0.717) is 6.04 Å². The first-order chi connectivity index (χ1) is 9.28. The Morgan fingerprint density at radius 3 is 2.84 bits per heavy atom. The average Bonchev–Trinajstić information content (AvgIpc) is 2.79. The molecular weight excluding hydrogens is 234 g/mol. The molecule has 0 radical (unpaired) electrons. The van der Waals surface area contributed by atoms with Crippen LogP contribution in [0.25, 0.3) is 0 Å². The Balaban J connectivity index is 1.54. The van der Waals surface area contributed by atoms with E-state index in [1.165, 1.54) is 31.4 Å². The maximum atomic E-state index is 10.9. The molecule has 0 aliphatic carbocycles. The summed E-state index contributed by atoms with van der Waals surface area (Å²) in [7, 11) is 0. The molecule has 0 amide bonds. The molecule has 2 atom stereocenters. The summed E-state index contributed by atoms with van der Waals surface area (Å²) < 4.78 is 0. The van der Waals surface area contributed by atoms with Crippen molar-refractivity contribution in [2.24, 2.45) is 0 Å². The zero-order valence-electron chi connectivity index (χ0n) is 11.7. The minimum Gasteiger partial charge on any atom is -0.388 e. The molecule has 0 aromatic heterocycles. The molecule has 0 saturated carbocycles. The zero-order chi connectivity index (χ0) is 13.1. The highest BCUT2D eigenvalue weighted by atomic mass is 16.3. The normalized spacial score (nSPS) is 31.3. The molecule has 19 heavy (non-hydrogen) atoms. The summed E-state index contributed by atoms with van der Waals surface area (Å²) in [5, 5.41) is 10.9. The Morgan fingerprint density at radius 2 is 2.00 bits per heavy atom. The lowest BCUT2D eigenvalue weighted by Gasteiger charge is -2.37. The van der Waals surface area contributed by atoms with E-state index in [2.05, 4.69) is 35.2 Å². The van der Waals surface area contributed by atoms with Crippen LogP contribution < -0.4 is 0 Å². The monoisotopic (exact) mass is 259 g/mol. The van der Waals surface area contributed by atoms with E-state index in [9.17, 15) is 5.11 Å². The first-order valence-corrected chi connectivity index (χ1v) is 7.78. The number of benzene rings is 1. The smallest absolute Gasteiger partial charge is 0.0814 e. The van der Waals surface area contributed by atoms with Crippen LogP contribution in [0.1, 0.15) is 44.1 Å². The maximum absolute atomic E-state index is 10.9. The van der Waals surface area contributed by atoms with Crippen molar-refractivity contribution >= 4 is 0 Å². The van der Waals surface area contributed by atoms with Crippen LogP contribution in [0.15, 0.2) is 30.3 Å². The molecule has 1 aromatic carbocycles. The molecular formula is C17H25NO. The van der Waals surface area contributed by atoms with Crippen LogP contribution in [0.3, 0.4) is 0 Å². The van der Waals surface area contributed by atoms with Gasteiger partial charge in [0, 0.05) is 12.6 Å². The van der Waals surface area contributed by atoms with Crippen LogP contribution in [-0.4, -0.2) is 34.7 Å². The third-order valence-corrected chi connectivity index (χ3v) is 4.98. The Labute approximate surface area is 116 Å². The number of aliphatic hydroxyl groups is 1. The zero-order valence-corrected chi connectivity index (χ0v) is 11.7. The van der Waals surface area contributed by atoms with Crippen molar-refractivity contribution in [1.29, 1.82) is 0 Å². The SMILES string of the molecule is OC1(CCCc2ccccc2)CCN2CCCCC21. The minimum absolute atomic E-state index is 0.408. The van der Waals surface area contributed by atoms with Crippen molar-refractivity contribution in [2.45, 2.75) is 56.6 Å². The van der Waals surface area contributed by atoms with E-state index in [1.54, 1.807) is 0 Å². The van der Waals surface area contributed by atoms with Crippen LogP contribution in [-0.2, 0) is 6.42 Å². The second-order valence-corrected chi connectivity index (χ2v) is 6.24. The number of piperidine rings is 1. The Kier molecular flexibility index (Phi) is 3.90. The van der Waals surface area contributed by atoms with Crippen LogP contribution >= 0.6 is 0 Å². The van der Waals surface area contributed by atoms with Gasteiger partial charge < -0.3 is 5.11 Å². The van der Waals surface area contributed by atoms with Crippen molar-refractivity contribution < 1.29 is 5.11 Å². The summed E-state index contributed by atoms with van der Waals surface area (Å²) in [4.78, 5) is 2.52. The highest BCUT2D eigenvalue weighted by Crippen LogP contribution is 2.38. The number of hydrogen-bond donors (Lipinski definition) is 1. The predicted octanol–water partition coefficient (Wildman–Crippen LogP) is 3.00. The lowest BCUT2D eigenvalue weighted by molar-refractivity contribution is -0.0173. The van der Waals surface area contributed by atoms with Gasteiger partial charge in [-0.25, -0.2) is 0 Å². The highest BCUT2D eigenvalue weighted by molar-refractivity contribution is 5.14. The van der Waals surface area contributed by atoms with Gasteiger partial charge in [0.25, 0.3) is 0 Å². The highest BCUT2D eigenvalue weighted by Gasteiger charge is 2.45. The standard InChI is InChI=1S/C17H25NO/c19-17(11-6-9-15-7-2-1-3-8-15)12-14-18-13-5-4-10-16(17)18/h1-3,7-8,16,19H,4-6,9-14H2. The quantitative estimate of drug-likeness (QED) is 0.898. The molecule has 2 aliphatic heterocycles. The fourth-order valence-corrected chi connectivity index (χ4v) is 3.91. The predicted molar refractivity (Wildman–Crippen MR) is 78.2 cm³/mol. The Hall–Kier alpha value is -0.860. The number of rotatable bonds is 4. The van der Waals surface area contributed by atoms with Gasteiger partial charge in [0.1, 0.15) is 0 Å². The molecule has 2 heterocycles. The first kappa shape index (κ1) is 13.1. The van der Waals surface area contributed by atoms with Crippen molar-refractivity contribution in [3.63, 3.8) is 0 Å². The van der Waals surface area contributed by atoms with E-state index in [-0.39, 0.29) is 0 Å². The van der Waals surface area contributed by atoms with Gasteiger partial charge in [-0.2, -0.15) is 0 Å². The largest absolute Gasteiger partial charge is 0.388 e. The van der Waals surface area contributed by atoms with Crippen LogP contribution in [0, 0.1) is 0 Å². The summed E-state index contributed by atoms with van der Waals surface area (Å²) in [5.74, 6) is 0. The fourth-order valence-electron chi connectivity index (χ4n) is 3.91. The van der Waals surface area contributed by atoms with Crippen LogP contribution in [0.2, 0.25) is 0 Å². The lowest BCUT2D eigenvalue weighted by Crippen LogP contribution is -2.47. The number of hydrogen-bond acceptors (Lipinski definition) is 2. The number of nitrogens with zero attached hydrogens (tertiary/aromatic N) is 1. The van der Waals surface area contributed by atoms with Gasteiger partial charge >= 0.3 is 0 Å². The van der Waals surface area contributed by atoms with Crippen LogP contribution in [0.4, 0.5) is 0 Å². The van der Waals surface area contributed by atoms with Gasteiger partial charge in [-0.1, -0.05) is 36.8 Å². The molecule has 0 bridgehead atoms. The Morgan fingerprint density at radius 1 is 1.16 bits per heavy atom. The molecule has 2 aliphatic rings. The molecule has 2 unspecified atom stereocenters. The van der Waals surface area contributed by atoms with Gasteiger partial charge in [-0.15, -0.1) is 0 Å². The van der Waals surface area contributed by atoms with E-state index in [1.807, 2.05) is 0 Å². The van der Waals surface area contributed by atoms with E-state index in [4.69, 9.17) is 0 Å². The number of fused-ring (bicyclic) bond motifs is 1. The van der Waals surface area contributed by atoms with E-state index in [0.717, 1.165) is 32.2 Å². The lowest BCUT2D eigenvalue weighted by atomic mass is 9.84. The van der Waals surface area contributed by atoms with Gasteiger partial charge in [-0.3, -0.25) is 4.90 Å². The van der Waals surface area contributed by atoms with Gasteiger partial charge in [0.2, 0.25) is 0 Å². The van der Waals surface area contributed by atoms with E-state index >= 15 is 0 Å². The summed E-state index contributed by atoms with van der Waals surface area (Å²) >= 11 is 0. The third-order valence-electron chi connectivity index (χ3n) is 4.98. The second-order valence-electron chi connectivity index (χ2n) is 6.24. The minimum atomic E-state index is -0.408. The second kappa shape index (κ2) is 5.64. The first-order valence-electron chi connectivity index (χ1n) is 7.78. The third kappa shape index (κ3) is 2.85. The van der Waals surface area contributed by atoms with Crippen molar-refractivity contribution in [3.8, 4) is 0 Å². The summed E-state index contributed by atoms with van der Waals surface area (Å²) in [5.41, 5.74) is 0.986. The van der Waals surface area contributed by atoms with Gasteiger partial charge in [-0.05, 0) is 50.6 Å². The molecule has 0 spiro atoms. The van der Waals surface area contributed by atoms with Crippen molar-refractivity contribution in [2.75, 3.05) is 13.1 Å². The van der Waals surface area contributed by atoms with Crippen molar-refractivity contribution in [3.05, 3.63) is 35.9 Å². The average molecular weight is 259 g/mol. The Bertz CT molecular complexity index is 405. The molecule has 1 N–H and O–H groups in total. The van der Waals surface area contributed by atoms with Crippen molar-refractivity contribution in [1.82, 2.24) is 4.90 Å². The molecule has 104 valence electrons. The van der Waals surface area contributed by atoms with Gasteiger partial charge in [0.15, 0.2) is 0 Å². The molecule has 2 heteroatoms. The molecule has 2 fully saturated rings.